The normalized spacial score (nSPS) is 14.0. The summed E-state index contributed by atoms with van der Waals surface area (Å²) in [4.78, 5) is 93.7. The maximum absolute atomic E-state index is 12.7. The number of hydrogen-bond acceptors (Lipinski definition) is 15. The second-order valence-corrected chi connectivity index (χ2v) is 26.0. The van der Waals surface area contributed by atoms with Crippen molar-refractivity contribution in [2.45, 2.75) is 238 Å². The highest BCUT2D eigenvalue weighted by molar-refractivity contribution is 5.90. The Morgan fingerprint density at radius 2 is 0.693 bits per heavy atom. The minimum atomic E-state index is -1.05. The van der Waals surface area contributed by atoms with Crippen molar-refractivity contribution < 1.29 is 67.1 Å². The highest BCUT2D eigenvalue weighted by Crippen LogP contribution is 2.24. The van der Waals surface area contributed by atoms with Crippen LogP contribution in [0.15, 0.2) is 0 Å². The van der Waals surface area contributed by atoms with Crippen LogP contribution >= 0.6 is 24.8 Å². The molecule has 0 aliphatic rings. The summed E-state index contributed by atoms with van der Waals surface area (Å²) < 4.78 is 24.2. The number of alkyl carbamates (subject to hydrolysis) is 2. The van der Waals surface area contributed by atoms with Gasteiger partial charge in [0.25, 0.3) is 0 Å². The molecule has 0 unspecified atom stereocenters. The summed E-state index contributed by atoms with van der Waals surface area (Å²) >= 11 is 0. The average molecular weight is 1120 g/mol. The van der Waals surface area contributed by atoms with Crippen LogP contribution < -0.4 is 32.7 Å². The topological polar surface area (TPSA) is 303 Å². The Hall–Kier alpha value is -4.14. The van der Waals surface area contributed by atoms with Gasteiger partial charge in [0.15, 0.2) is 0 Å². The van der Waals surface area contributed by atoms with Crippen LogP contribution in [0.3, 0.4) is 0 Å². The van der Waals surface area contributed by atoms with Crippen LogP contribution in [0.1, 0.15) is 191 Å². The molecule has 22 heteroatoms. The lowest BCUT2D eigenvalue weighted by molar-refractivity contribution is -0.146. The molecule has 0 aliphatic heterocycles. The molecule has 0 saturated carbocycles. The van der Waals surface area contributed by atoms with E-state index in [-0.39, 0.29) is 70.2 Å². The molecule has 0 aromatic rings. The molecular weight excluding hydrogens is 1020 g/mol. The first-order valence-corrected chi connectivity index (χ1v) is 25.1. The van der Waals surface area contributed by atoms with Gasteiger partial charge in [-0.3, -0.25) is 14.4 Å². The van der Waals surface area contributed by atoms with Gasteiger partial charge in [-0.15, -0.1) is 24.8 Å². The Balaban J connectivity index is -0.000000218. The monoisotopic (exact) mass is 1120 g/mol. The standard InChI is InChI=1S/C19H36N2O5.C14H28N2O3.C12H23NO4.C8H17NO2.2ClH/c1-12(2)10-13(16(23)25-9)20-15(22)14(11-18(3,4)5)21-17(24)26-19(6,7)8;1-9(2)7-11(13(18)19-6)16-12(17)10(15)8-14(3,4)5;1-11(2,3)7-8(9(14)15)13-10(16)17-12(4,5)6;1-8(2,3)5-6(9)7(10)11-4;;/h12-14H,10-11H2,1-9H3,(H,20,22)(H,21,24);9-11H,7-8,15H2,1-6H3,(H,16,17);8H,7H2,1-6H3,(H,13,16)(H,14,15);6H,5,9H2,1-4H3;2*1H/t13-,14-;10-,11-;8-;6-;;/m0000../s1. The van der Waals surface area contributed by atoms with E-state index in [9.17, 15) is 38.4 Å². The second-order valence-electron chi connectivity index (χ2n) is 26.0. The van der Waals surface area contributed by atoms with Crippen molar-refractivity contribution in [2.75, 3.05) is 21.3 Å². The minimum Gasteiger partial charge on any atom is -0.480 e. The van der Waals surface area contributed by atoms with Crippen LogP contribution in [0.5, 0.6) is 0 Å². The van der Waals surface area contributed by atoms with Gasteiger partial charge in [0, 0.05) is 0 Å². The van der Waals surface area contributed by atoms with Gasteiger partial charge in [0.1, 0.15) is 41.4 Å². The number of rotatable bonds is 18. The SMILES string of the molecule is CC(C)(C)C[C@H](NC(=O)OC(C)(C)C)C(=O)O.COC(=O)[C@@H](N)CC(C)(C)C.COC(=O)[C@H](CC(C)C)NC(=O)[C@@H](N)CC(C)(C)C.COC(=O)[C@H](CC(C)C)NC(=O)[C@H](CC(C)(C)C)NC(=O)OC(C)(C)C.Cl.Cl. The largest absolute Gasteiger partial charge is 0.480 e. The summed E-state index contributed by atoms with van der Waals surface area (Å²) in [7, 11) is 3.95. The van der Waals surface area contributed by atoms with Crippen molar-refractivity contribution >= 4 is 72.7 Å². The molecule has 9 N–H and O–H groups in total. The van der Waals surface area contributed by atoms with Crippen LogP contribution in [0, 0.1) is 33.5 Å². The van der Waals surface area contributed by atoms with Crippen LogP contribution in [-0.4, -0.2) is 122 Å². The van der Waals surface area contributed by atoms with E-state index >= 15 is 0 Å². The lowest BCUT2D eigenvalue weighted by atomic mass is 9.87. The number of hydrogen-bond donors (Lipinski definition) is 7. The van der Waals surface area contributed by atoms with Crippen molar-refractivity contribution in [1.29, 1.82) is 0 Å². The van der Waals surface area contributed by atoms with Gasteiger partial charge in [-0.1, -0.05) is 111 Å². The number of methoxy groups -OCH3 is 3. The number of nitrogens with one attached hydrogen (secondary N) is 4. The first kappa shape index (κ1) is 82.2. The van der Waals surface area contributed by atoms with Gasteiger partial charge in [-0.2, -0.15) is 0 Å². The molecule has 0 aliphatic carbocycles. The van der Waals surface area contributed by atoms with Crippen molar-refractivity contribution in [1.82, 2.24) is 21.3 Å². The number of carboxylic acid groups (broad SMARTS) is 1. The van der Waals surface area contributed by atoms with Crippen LogP contribution in [0.2, 0.25) is 0 Å². The predicted octanol–water partition coefficient (Wildman–Crippen LogP) is 8.64. The summed E-state index contributed by atoms with van der Waals surface area (Å²) in [6.07, 6.45) is 1.59. The van der Waals surface area contributed by atoms with E-state index < -0.39 is 83.5 Å². The summed E-state index contributed by atoms with van der Waals surface area (Å²) in [5.41, 5.74) is 9.75. The fourth-order valence-corrected chi connectivity index (χ4v) is 6.39. The summed E-state index contributed by atoms with van der Waals surface area (Å²) in [6, 6.07) is -4.22. The lowest BCUT2D eigenvalue weighted by Crippen LogP contribution is -2.53. The van der Waals surface area contributed by atoms with E-state index in [2.05, 4.69) is 26.0 Å². The van der Waals surface area contributed by atoms with Gasteiger partial charge < -0.3 is 61.5 Å². The number of carbonyl (C=O) groups excluding carboxylic acids is 7. The molecule has 0 saturated heterocycles. The summed E-state index contributed by atoms with van der Waals surface area (Å²) in [5, 5.41) is 19.4. The zero-order valence-electron chi connectivity index (χ0n) is 50.6. The van der Waals surface area contributed by atoms with E-state index in [4.69, 9.17) is 35.5 Å². The van der Waals surface area contributed by atoms with Crippen LogP contribution in [-0.2, 0) is 52.5 Å². The summed E-state index contributed by atoms with van der Waals surface area (Å²) in [6.45, 7) is 42.1. The van der Waals surface area contributed by atoms with E-state index in [1.807, 2.05) is 111 Å². The number of halogens is 2. The van der Waals surface area contributed by atoms with Crippen molar-refractivity contribution in [3.63, 3.8) is 0 Å². The molecule has 0 bridgehead atoms. The Bertz CT molecular complexity index is 1710. The molecule has 0 fully saturated rings. The number of carboxylic acids is 1. The molecule has 0 aromatic heterocycles. The summed E-state index contributed by atoms with van der Waals surface area (Å²) in [5.74, 6) is -2.56. The molecule has 0 radical (unpaired) electrons. The molecule has 446 valence electrons. The van der Waals surface area contributed by atoms with E-state index in [1.54, 1.807) is 41.5 Å². The Morgan fingerprint density at radius 1 is 0.413 bits per heavy atom. The zero-order chi connectivity index (χ0) is 58.8. The molecule has 75 heavy (non-hydrogen) atoms. The first-order chi connectivity index (χ1) is 32.5. The third-order valence-electron chi connectivity index (χ3n) is 9.15. The number of carbonyl (C=O) groups is 8. The van der Waals surface area contributed by atoms with E-state index in [0.717, 1.165) is 0 Å². The fraction of sp³-hybridized carbons (Fsp3) is 0.849. The Morgan fingerprint density at radius 3 is 0.960 bits per heavy atom. The number of ether oxygens (including phenoxy) is 5. The molecule has 0 aromatic carbocycles. The van der Waals surface area contributed by atoms with Gasteiger partial charge in [-0.05, 0) is 114 Å². The predicted molar refractivity (Wildman–Crippen MR) is 300 cm³/mol. The molecule has 6 atom stereocenters. The highest BCUT2D eigenvalue weighted by atomic mass is 35.5. The smallest absolute Gasteiger partial charge is 0.408 e. The van der Waals surface area contributed by atoms with Gasteiger partial charge in [0.2, 0.25) is 11.8 Å². The van der Waals surface area contributed by atoms with Crippen molar-refractivity contribution in [3.8, 4) is 0 Å². The Labute approximate surface area is 464 Å². The third kappa shape index (κ3) is 50.4. The minimum absolute atomic E-state index is 0. The first-order valence-electron chi connectivity index (χ1n) is 25.1. The van der Waals surface area contributed by atoms with E-state index in [0.29, 0.717) is 38.5 Å². The lowest BCUT2D eigenvalue weighted by Gasteiger charge is -2.29. The van der Waals surface area contributed by atoms with Crippen LogP contribution in [0.4, 0.5) is 9.59 Å². The molecule has 0 rings (SSSR count). The van der Waals surface area contributed by atoms with Gasteiger partial charge >= 0.3 is 36.1 Å². The molecule has 20 nitrogen and oxygen atoms in total. The Kier molecular flexibility index (Phi) is 40.3. The molecule has 0 spiro atoms. The fourth-order valence-electron chi connectivity index (χ4n) is 6.39. The quantitative estimate of drug-likeness (QED) is 0.0499. The highest BCUT2D eigenvalue weighted by Gasteiger charge is 2.33. The average Bonchev–Trinajstić information content (AvgIpc) is 3.15. The maximum atomic E-state index is 12.7. The van der Waals surface area contributed by atoms with Crippen molar-refractivity contribution in [3.05, 3.63) is 0 Å². The van der Waals surface area contributed by atoms with Crippen molar-refractivity contribution in [2.24, 2.45) is 45.0 Å². The molecule has 0 heterocycles. The molecular formula is C53H106Cl2N6O14. The number of aliphatic carboxylic acids is 1. The zero-order valence-corrected chi connectivity index (χ0v) is 52.2. The number of nitrogens with two attached hydrogens (primary N) is 2. The van der Waals surface area contributed by atoms with Gasteiger partial charge in [-0.25, -0.2) is 24.0 Å². The number of amides is 4. The van der Waals surface area contributed by atoms with Crippen LogP contribution in [0.25, 0.3) is 0 Å². The molecule has 4 amide bonds. The number of esters is 3. The second kappa shape index (κ2) is 36.8. The van der Waals surface area contributed by atoms with Gasteiger partial charge in [0.05, 0.1) is 27.4 Å². The third-order valence-corrected chi connectivity index (χ3v) is 9.15. The maximum Gasteiger partial charge on any atom is 0.408 e. The van der Waals surface area contributed by atoms with E-state index in [1.165, 1.54) is 21.3 Å².